The van der Waals surface area contributed by atoms with E-state index in [9.17, 15) is 4.79 Å². The molecule has 0 aliphatic carbocycles. The lowest BCUT2D eigenvalue weighted by Gasteiger charge is -2.09. The number of rotatable bonds is 6. The number of carbonyl (C=O) groups is 1. The van der Waals surface area contributed by atoms with Crippen LogP contribution in [-0.4, -0.2) is 26.2 Å². The largest absolute Gasteiger partial charge is 0.497 e. The van der Waals surface area contributed by atoms with Crippen LogP contribution in [0.3, 0.4) is 0 Å². The Morgan fingerprint density at radius 1 is 1.23 bits per heavy atom. The zero-order valence-corrected chi connectivity index (χ0v) is 14.3. The monoisotopic (exact) mass is 383 g/mol. The summed E-state index contributed by atoms with van der Waals surface area (Å²) in [5.74, 6) is 1.18. The molecule has 0 spiro atoms. The van der Waals surface area contributed by atoms with Crippen molar-refractivity contribution in [2.24, 2.45) is 0 Å². The van der Waals surface area contributed by atoms with Crippen LogP contribution in [0, 0.1) is 0 Å². The van der Waals surface area contributed by atoms with Gasteiger partial charge < -0.3 is 14.8 Å². The summed E-state index contributed by atoms with van der Waals surface area (Å²) >= 11 is 9.32. The Kier molecular flexibility index (Phi) is 6.10. The lowest BCUT2D eigenvalue weighted by Crippen LogP contribution is -2.28. The molecule has 0 fully saturated rings. The van der Waals surface area contributed by atoms with E-state index >= 15 is 0 Å². The van der Waals surface area contributed by atoms with Gasteiger partial charge in [-0.1, -0.05) is 33.6 Å². The van der Waals surface area contributed by atoms with Gasteiger partial charge in [-0.2, -0.15) is 0 Å². The maximum atomic E-state index is 12.0. The van der Waals surface area contributed by atoms with Crippen molar-refractivity contribution < 1.29 is 14.3 Å². The van der Waals surface area contributed by atoms with Crippen molar-refractivity contribution in [1.82, 2.24) is 5.32 Å². The molecule has 1 N–H and O–H groups in total. The lowest BCUT2D eigenvalue weighted by molar-refractivity contribution is 0.0947. The molecule has 0 saturated heterocycles. The molecule has 4 nitrogen and oxygen atoms in total. The highest BCUT2D eigenvalue weighted by atomic mass is 79.9. The van der Waals surface area contributed by atoms with E-state index in [1.807, 2.05) is 18.2 Å². The quantitative estimate of drug-likeness (QED) is 0.768. The number of amides is 1. The minimum Gasteiger partial charge on any atom is -0.497 e. The number of nitrogens with one attached hydrogen (secondary N) is 1. The summed E-state index contributed by atoms with van der Waals surface area (Å²) in [5.41, 5.74) is 0.428. The number of halogens is 2. The third-order valence-corrected chi connectivity index (χ3v) is 3.69. The Morgan fingerprint density at radius 2 is 2.00 bits per heavy atom. The first-order valence-electron chi connectivity index (χ1n) is 6.60. The van der Waals surface area contributed by atoms with E-state index in [-0.39, 0.29) is 5.91 Å². The maximum absolute atomic E-state index is 12.0. The predicted molar refractivity (Wildman–Crippen MR) is 90.0 cm³/mol. The van der Waals surface area contributed by atoms with Gasteiger partial charge in [0.1, 0.15) is 18.1 Å². The van der Waals surface area contributed by atoms with E-state index in [1.54, 1.807) is 31.4 Å². The zero-order chi connectivity index (χ0) is 15.9. The van der Waals surface area contributed by atoms with Crippen LogP contribution in [0.25, 0.3) is 0 Å². The Morgan fingerprint density at radius 3 is 2.77 bits per heavy atom. The summed E-state index contributed by atoms with van der Waals surface area (Å²) in [7, 11) is 1.60. The molecule has 2 aromatic rings. The van der Waals surface area contributed by atoms with Crippen molar-refractivity contribution in [1.29, 1.82) is 0 Å². The molecule has 1 amide bonds. The molecule has 0 saturated carbocycles. The second kappa shape index (κ2) is 8.06. The van der Waals surface area contributed by atoms with Crippen LogP contribution in [0.15, 0.2) is 46.9 Å². The first-order valence-corrected chi connectivity index (χ1v) is 7.77. The molecule has 22 heavy (non-hydrogen) atoms. The molecule has 0 aromatic heterocycles. The van der Waals surface area contributed by atoms with Crippen LogP contribution in [0.2, 0.25) is 5.02 Å². The summed E-state index contributed by atoms with van der Waals surface area (Å²) in [6.07, 6.45) is 0. The van der Waals surface area contributed by atoms with Gasteiger partial charge >= 0.3 is 0 Å². The molecule has 116 valence electrons. The number of ether oxygens (including phenoxy) is 2. The summed E-state index contributed by atoms with van der Waals surface area (Å²) in [6.45, 7) is 0.726. The second-order valence-electron chi connectivity index (χ2n) is 4.41. The number of carbonyl (C=O) groups excluding carboxylic acids is 1. The van der Waals surface area contributed by atoms with E-state index in [1.165, 1.54) is 0 Å². The molecule has 0 aliphatic rings. The van der Waals surface area contributed by atoms with Gasteiger partial charge in [0.15, 0.2) is 0 Å². The normalized spacial score (nSPS) is 10.1. The first kappa shape index (κ1) is 16.6. The van der Waals surface area contributed by atoms with Crippen LogP contribution in [0.5, 0.6) is 11.5 Å². The predicted octanol–water partition coefficient (Wildman–Crippen LogP) is 3.92. The van der Waals surface area contributed by atoms with Crippen LogP contribution in [0.4, 0.5) is 0 Å². The van der Waals surface area contributed by atoms with Crippen LogP contribution in [-0.2, 0) is 0 Å². The fourth-order valence-corrected chi connectivity index (χ4v) is 2.36. The highest BCUT2D eigenvalue weighted by Crippen LogP contribution is 2.21. The second-order valence-corrected chi connectivity index (χ2v) is 5.73. The molecule has 6 heteroatoms. The van der Waals surface area contributed by atoms with Gasteiger partial charge in [-0.3, -0.25) is 4.79 Å². The average Bonchev–Trinajstić information content (AvgIpc) is 2.54. The van der Waals surface area contributed by atoms with E-state index in [4.69, 9.17) is 21.1 Å². The maximum Gasteiger partial charge on any atom is 0.252 e. The topological polar surface area (TPSA) is 47.6 Å². The summed E-state index contributed by atoms with van der Waals surface area (Å²) in [4.78, 5) is 12.0. The Hall–Kier alpha value is -1.72. The van der Waals surface area contributed by atoms with Gasteiger partial charge in [-0.05, 0) is 30.3 Å². The molecule has 2 aromatic carbocycles. The van der Waals surface area contributed by atoms with E-state index < -0.39 is 0 Å². The Bertz CT molecular complexity index is 664. The summed E-state index contributed by atoms with van der Waals surface area (Å²) < 4.78 is 11.5. The zero-order valence-electron chi connectivity index (χ0n) is 11.9. The van der Waals surface area contributed by atoms with Crippen molar-refractivity contribution in [3.05, 3.63) is 57.5 Å². The van der Waals surface area contributed by atoms with Crippen molar-refractivity contribution >= 4 is 33.4 Å². The SMILES string of the molecule is COc1cccc(OCCNC(=O)c2cc(Br)ccc2Cl)c1. The molecule has 2 rings (SSSR count). The van der Waals surface area contributed by atoms with Crippen molar-refractivity contribution in [3.63, 3.8) is 0 Å². The highest BCUT2D eigenvalue weighted by molar-refractivity contribution is 9.10. The first-order chi connectivity index (χ1) is 10.6. The number of methoxy groups -OCH3 is 1. The van der Waals surface area contributed by atoms with Gasteiger partial charge in [-0.25, -0.2) is 0 Å². The summed E-state index contributed by atoms with van der Waals surface area (Å²) in [5, 5.41) is 3.18. The summed E-state index contributed by atoms with van der Waals surface area (Å²) in [6, 6.07) is 12.4. The Balaban J connectivity index is 1.83. The smallest absolute Gasteiger partial charge is 0.252 e. The van der Waals surface area contributed by atoms with Crippen molar-refractivity contribution in [3.8, 4) is 11.5 Å². The number of benzene rings is 2. The highest BCUT2D eigenvalue weighted by Gasteiger charge is 2.10. The van der Waals surface area contributed by atoms with E-state index in [0.717, 1.165) is 10.2 Å². The van der Waals surface area contributed by atoms with Gasteiger partial charge in [0.05, 0.1) is 24.2 Å². The van der Waals surface area contributed by atoms with Gasteiger partial charge in [0.2, 0.25) is 0 Å². The minimum absolute atomic E-state index is 0.236. The molecule has 0 atom stereocenters. The fraction of sp³-hybridized carbons (Fsp3) is 0.188. The average molecular weight is 385 g/mol. The fourth-order valence-electron chi connectivity index (χ4n) is 1.79. The standard InChI is InChI=1S/C16H15BrClNO3/c1-21-12-3-2-4-13(10-12)22-8-7-19-16(20)14-9-11(17)5-6-15(14)18/h2-6,9-10H,7-8H2,1H3,(H,19,20). The third kappa shape index (κ3) is 4.64. The van der Waals surface area contributed by atoms with Crippen LogP contribution in [0.1, 0.15) is 10.4 Å². The van der Waals surface area contributed by atoms with Gasteiger partial charge in [0, 0.05) is 10.5 Å². The molecule has 0 bridgehead atoms. The van der Waals surface area contributed by atoms with Crippen LogP contribution < -0.4 is 14.8 Å². The Labute approximate surface area is 142 Å². The lowest BCUT2D eigenvalue weighted by atomic mass is 10.2. The van der Waals surface area contributed by atoms with E-state index in [2.05, 4.69) is 21.2 Å². The molecule has 0 aliphatic heterocycles. The number of hydrogen-bond donors (Lipinski definition) is 1. The third-order valence-electron chi connectivity index (χ3n) is 2.87. The molecular weight excluding hydrogens is 370 g/mol. The van der Waals surface area contributed by atoms with Gasteiger partial charge in [0.25, 0.3) is 5.91 Å². The minimum atomic E-state index is -0.236. The molecular formula is C16H15BrClNO3. The molecule has 0 heterocycles. The van der Waals surface area contributed by atoms with Gasteiger partial charge in [-0.15, -0.1) is 0 Å². The molecule has 0 radical (unpaired) electrons. The number of hydrogen-bond acceptors (Lipinski definition) is 3. The van der Waals surface area contributed by atoms with Crippen molar-refractivity contribution in [2.75, 3.05) is 20.3 Å². The van der Waals surface area contributed by atoms with E-state index in [0.29, 0.717) is 29.5 Å². The van der Waals surface area contributed by atoms with Crippen LogP contribution >= 0.6 is 27.5 Å². The molecule has 0 unspecified atom stereocenters. The van der Waals surface area contributed by atoms with Crippen molar-refractivity contribution in [2.45, 2.75) is 0 Å².